The van der Waals surface area contributed by atoms with Crippen LogP contribution in [0, 0.1) is 0 Å². The summed E-state index contributed by atoms with van der Waals surface area (Å²) in [6.45, 7) is 3.30. The molecule has 0 saturated carbocycles. The largest absolute Gasteiger partial charge is 0.497 e. The van der Waals surface area contributed by atoms with Crippen molar-refractivity contribution in [3.63, 3.8) is 0 Å². The zero-order chi connectivity index (χ0) is 16.4. The third-order valence-electron chi connectivity index (χ3n) is 4.22. The van der Waals surface area contributed by atoms with E-state index in [0.717, 1.165) is 28.3 Å². The van der Waals surface area contributed by atoms with Crippen LogP contribution in [-0.4, -0.2) is 25.9 Å². The van der Waals surface area contributed by atoms with Gasteiger partial charge in [-0.3, -0.25) is 4.90 Å². The number of hydrogen-bond donors (Lipinski definition) is 0. The number of rotatable bonds is 5. The summed E-state index contributed by atoms with van der Waals surface area (Å²) in [6, 6.07) is 12.5. The monoisotopic (exact) mass is 377 g/mol. The van der Waals surface area contributed by atoms with Crippen LogP contribution in [0.25, 0.3) is 0 Å². The minimum Gasteiger partial charge on any atom is -0.497 e. The number of benzene rings is 2. The van der Waals surface area contributed by atoms with E-state index in [9.17, 15) is 0 Å². The first kappa shape index (κ1) is 16.1. The van der Waals surface area contributed by atoms with Gasteiger partial charge < -0.3 is 14.2 Å². The molecule has 0 N–H and O–H groups in total. The minimum atomic E-state index is 0.290. The van der Waals surface area contributed by atoms with Gasteiger partial charge in [-0.05, 0) is 49.4 Å². The van der Waals surface area contributed by atoms with Crippen molar-refractivity contribution in [1.29, 1.82) is 0 Å². The Kier molecular flexibility index (Phi) is 4.78. The molecule has 0 spiro atoms. The summed E-state index contributed by atoms with van der Waals surface area (Å²) in [5.74, 6) is 2.49. The molecule has 3 rings (SSSR count). The quantitative estimate of drug-likeness (QED) is 0.773. The van der Waals surface area contributed by atoms with Gasteiger partial charge in [0, 0.05) is 17.1 Å². The average molecular weight is 378 g/mol. The standard InChI is InChI=1S/C18H20BrNO3/c1-12(13-4-6-15(21-3)7-5-13)20(2)10-14-8-17-18(9-16(14)19)23-11-22-17/h4-9,12H,10-11H2,1-3H3. The lowest BCUT2D eigenvalue weighted by Gasteiger charge is -2.26. The van der Waals surface area contributed by atoms with E-state index in [1.54, 1.807) is 7.11 Å². The van der Waals surface area contributed by atoms with Crippen molar-refractivity contribution in [1.82, 2.24) is 4.90 Å². The molecule has 5 heteroatoms. The Hall–Kier alpha value is -1.72. The van der Waals surface area contributed by atoms with E-state index in [-0.39, 0.29) is 0 Å². The molecule has 1 aliphatic rings. The molecule has 0 saturated heterocycles. The lowest BCUT2D eigenvalue weighted by Crippen LogP contribution is -2.22. The van der Waals surface area contributed by atoms with Gasteiger partial charge in [0.2, 0.25) is 6.79 Å². The molecule has 0 aromatic heterocycles. The van der Waals surface area contributed by atoms with Crippen LogP contribution in [-0.2, 0) is 6.54 Å². The molecule has 1 aliphatic heterocycles. The van der Waals surface area contributed by atoms with Gasteiger partial charge in [0.05, 0.1) is 7.11 Å². The van der Waals surface area contributed by atoms with E-state index in [2.05, 4.69) is 46.9 Å². The Morgan fingerprint density at radius 3 is 2.48 bits per heavy atom. The van der Waals surface area contributed by atoms with Crippen LogP contribution in [0.5, 0.6) is 17.2 Å². The molecule has 0 bridgehead atoms. The van der Waals surface area contributed by atoms with Crippen molar-refractivity contribution < 1.29 is 14.2 Å². The molecule has 0 radical (unpaired) electrons. The summed E-state index contributed by atoms with van der Waals surface area (Å²) >= 11 is 3.62. The van der Waals surface area contributed by atoms with Gasteiger partial charge in [-0.15, -0.1) is 0 Å². The van der Waals surface area contributed by atoms with Crippen LogP contribution in [0.2, 0.25) is 0 Å². The highest BCUT2D eigenvalue weighted by molar-refractivity contribution is 9.10. The Balaban J connectivity index is 1.74. The number of ether oxygens (including phenoxy) is 3. The summed E-state index contributed by atoms with van der Waals surface area (Å²) < 4.78 is 17.1. The van der Waals surface area contributed by atoms with Gasteiger partial charge in [-0.2, -0.15) is 0 Å². The van der Waals surface area contributed by atoms with Gasteiger partial charge >= 0.3 is 0 Å². The number of halogens is 1. The van der Waals surface area contributed by atoms with Crippen molar-refractivity contribution in [2.75, 3.05) is 21.0 Å². The molecule has 2 aromatic carbocycles. The maximum Gasteiger partial charge on any atom is 0.231 e. The molecule has 1 atom stereocenters. The van der Waals surface area contributed by atoms with E-state index in [1.165, 1.54) is 11.1 Å². The summed E-state index contributed by atoms with van der Waals surface area (Å²) in [5, 5.41) is 0. The van der Waals surface area contributed by atoms with Crippen molar-refractivity contribution in [3.05, 3.63) is 52.0 Å². The van der Waals surface area contributed by atoms with Crippen LogP contribution in [0.3, 0.4) is 0 Å². The van der Waals surface area contributed by atoms with E-state index in [1.807, 2.05) is 24.3 Å². The van der Waals surface area contributed by atoms with Gasteiger partial charge in [-0.25, -0.2) is 0 Å². The summed E-state index contributed by atoms with van der Waals surface area (Å²) in [4.78, 5) is 2.30. The number of fused-ring (bicyclic) bond motifs is 1. The first-order chi connectivity index (χ1) is 11.1. The zero-order valence-electron chi connectivity index (χ0n) is 13.5. The fourth-order valence-electron chi connectivity index (χ4n) is 2.62. The highest BCUT2D eigenvalue weighted by Crippen LogP contribution is 2.37. The Labute approximate surface area is 145 Å². The molecule has 0 fully saturated rings. The van der Waals surface area contributed by atoms with Gasteiger partial charge in [0.25, 0.3) is 0 Å². The Morgan fingerprint density at radius 1 is 1.17 bits per heavy atom. The fraction of sp³-hybridized carbons (Fsp3) is 0.333. The number of nitrogens with zero attached hydrogens (tertiary/aromatic N) is 1. The van der Waals surface area contributed by atoms with E-state index >= 15 is 0 Å². The molecule has 0 amide bonds. The van der Waals surface area contributed by atoms with E-state index in [4.69, 9.17) is 14.2 Å². The molecule has 23 heavy (non-hydrogen) atoms. The number of methoxy groups -OCH3 is 1. The van der Waals surface area contributed by atoms with E-state index in [0.29, 0.717) is 12.8 Å². The third kappa shape index (κ3) is 3.46. The lowest BCUT2D eigenvalue weighted by atomic mass is 10.1. The lowest BCUT2D eigenvalue weighted by molar-refractivity contribution is 0.174. The second kappa shape index (κ2) is 6.81. The SMILES string of the molecule is COc1ccc(C(C)N(C)Cc2cc3c(cc2Br)OCO3)cc1. The van der Waals surface area contributed by atoms with Crippen LogP contribution in [0.15, 0.2) is 40.9 Å². The second-order valence-electron chi connectivity index (χ2n) is 5.66. The maximum absolute atomic E-state index is 5.47. The molecular weight excluding hydrogens is 358 g/mol. The Morgan fingerprint density at radius 2 is 1.83 bits per heavy atom. The molecule has 2 aromatic rings. The molecule has 0 aliphatic carbocycles. The van der Waals surface area contributed by atoms with Crippen LogP contribution >= 0.6 is 15.9 Å². The van der Waals surface area contributed by atoms with Gasteiger partial charge in [0.15, 0.2) is 11.5 Å². The van der Waals surface area contributed by atoms with Crippen LogP contribution < -0.4 is 14.2 Å². The maximum atomic E-state index is 5.47. The first-order valence-corrected chi connectivity index (χ1v) is 8.30. The Bertz CT molecular complexity index is 687. The first-order valence-electron chi connectivity index (χ1n) is 7.50. The zero-order valence-corrected chi connectivity index (χ0v) is 15.1. The molecule has 1 heterocycles. The van der Waals surface area contributed by atoms with Gasteiger partial charge in [-0.1, -0.05) is 28.1 Å². The topological polar surface area (TPSA) is 30.9 Å². The van der Waals surface area contributed by atoms with Crippen molar-refractivity contribution in [2.24, 2.45) is 0 Å². The second-order valence-corrected chi connectivity index (χ2v) is 6.52. The van der Waals surface area contributed by atoms with Gasteiger partial charge in [0.1, 0.15) is 5.75 Å². The highest BCUT2D eigenvalue weighted by Gasteiger charge is 2.19. The predicted molar refractivity (Wildman–Crippen MR) is 93.1 cm³/mol. The minimum absolute atomic E-state index is 0.290. The third-order valence-corrected chi connectivity index (χ3v) is 4.96. The highest BCUT2D eigenvalue weighted by atomic mass is 79.9. The van der Waals surface area contributed by atoms with Crippen LogP contribution in [0.1, 0.15) is 24.1 Å². The van der Waals surface area contributed by atoms with Crippen LogP contribution in [0.4, 0.5) is 0 Å². The predicted octanol–water partition coefficient (Wildman–Crippen LogP) is 4.38. The summed E-state index contributed by atoms with van der Waals surface area (Å²) in [5.41, 5.74) is 2.43. The molecule has 122 valence electrons. The average Bonchev–Trinajstić information content (AvgIpc) is 3.01. The van der Waals surface area contributed by atoms with Crippen molar-refractivity contribution in [2.45, 2.75) is 19.5 Å². The summed E-state index contributed by atoms with van der Waals surface area (Å²) in [7, 11) is 3.80. The van der Waals surface area contributed by atoms with E-state index < -0.39 is 0 Å². The molecule has 1 unspecified atom stereocenters. The van der Waals surface area contributed by atoms with Crippen molar-refractivity contribution >= 4 is 15.9 Å². The summed E-state index contributed by atoms with van der Waals surface area (Å²) in [6.07, 6.45) is 0. The molecular formula is C18H20BrNO3. The normalized spacial score (nSPS) is 14.1. The molecule has 4 nitrogen and oxygen atoms in total. The van der Waals surface area contributed by atoms with Crippen molar-refractivity contribution in [3.8, 4) is 17.2 Å². The number of hydrogen-bond acceptors (Lipinski definition) is 4. The fourth-order valence-corrected chi connectivity index (χ4v) is 3.07. The smallest absolute Gasteiger partial charge is 0.231 e.